The second-order valence-corrected chi connectivity index (χ2v) is 12.3. The average molecular weight is 536 g/mol. The van der Waals surface area contributed by atoms with Gasteiger partial charge in [-0.15, -0.1) is 0 Å². The number of carbonyl (C=O) groups is 3. The maximum absolute atomic E-state index is 14.4. The summed E-state index contributed by atoms with van der Waals surface area (Å²) in [5.41, 5.74) is -0.527. The summed E-state index contributed by atoms with van der Waals surface area (Å²) in [4.78, 5) is 44.2. The third kappa shape index (κ3) is 4.35. The van der Waals surface area contributed by atoms with Crippen LogP contribution in [0.3, 0.4) is 0 Å². The van der Waals surface area contributed by atoms with Crippen LogP contribution in [-0.4, -0.2) is 59.6 Å². The van der Waals surface area contributed by atoms with Gasteiger partial charge < -0.3 is 25.0 Å². The molecule has 8 atom stereocenters. The smallest absolute Gasteiger partial charge is 0.246 e. The molecule has 3 amide bonds. The molecule has 6 rings (SSSR count). The number of benzene rings is 1. The van der Waals surface area contributed by atoms with E-state index >= 15 is 0 Å². The second-order valence-electron chi connectivity index (χ2n) is 12.3. The highest BCUT2D eigenvalue weighted by molar-refractivity contribution is 6.03. The Kier molecular flexibility index (Phi) is 6.94. The van der Waals surface area contributed by atoms with Crippen LogP contribution in [0.25, 0.3) is 0 Å². The van der Waals surface area contributed by atoms with Crippen molar-refractivity contribution in [3.63, 3.8) is 0 Å². The van der Waals surface area contributed by atoms with E-state index in [9.17, 15) is 14.4 Å². The third-order valence-corrected chi connectivity index (χ3v) is 10.2. The first-order valence-electron chi connectivity index (χ1n) is 14.8. The third-order valence-electron chi connectivity index (χ3n) is 10.2. The van der Waals surface area contributed by atoms with Gasteiger partial charge in [0.05, 0.1) is 25.0 Å². The Morgan fingerprint density at radius 2 is 1.85 bits per heavy atom. The van der Waals surface area contributed by atoms with E-state index in [2.05, 4.69) is 24.5 Å². The Labute approximate surface area is 230 Å². The first kappa shape index (κ1) is 26.4. The number of nitrogens with zero attached hydrogens (tertiary/aromatic N) is 1. The maximum atomic E-state index is 14.4. The molecule has 1 aromatic rings. The van der Waals surface area contributed by atoms with Crippen molar-refractivity contribution < 1.29 is 23.9 Å². The molecule has 5 aliphatic rings. The molecular formula is C31H41N3O5. The molecule has 39 heavy (non-hydrogen) atoms. The van der Waals surface area contributed by atoms with Gasteiger partial charge in [-0.2, -0.15) is 0 Å². The van der Waals surface area contributed by atoms with Crippen LogP contribution in [0, 0.1) is 23.7 Å². The predicted molar refractivity (Wildman–Crippen MR) is 147 cm³/mol. The molecule has 2 saturated carbocycles. The van der Waals surface area contributed by atoms with E-state index in [1.165, 1.54) is 6.42 Å². The standard InChI is InChI=1S/C31H41N3O5/c1-18-9-7-14-23(19(18)2)34-27(29(36)32-20-10-5-4-6-11-20)31-16-15-24(39-31)25(26(31)30(34)37)28(35)33-21-12-8-13-22(17-21)38-3/h8,12-13,15-20,23-27H,4-7,9-11,14H2,1-3H3,(H,32,36)(H,33,35)/t18-,19-,23-,24+,25-,26+,27+,31+/m1/s1. The number of carbonyl (C=O) groups excluding carboxylic acids is 3. The highest BCUT2D eigenvalue weighted by Crippen LogP contribution is 2.57. The lowest BCUT2D eigenvalue weighted by Crippen LogP contribution is -2.60. The lowest BCUT2D eigenvalue weighted by molar-refractivity contribution is -0.146. The number of rotatable bonds is 6. The minimum atomic E-state index is -1.13. The number of likely N-dealkylation sites (tertiary alicyclic amines) is 1. The maximum Gasteiger partial charge on any atom is 0.246 e. The minimum absolute atomic E-state index is 0.0542. The lowest BCUT2D eigenvalue weighted by atomic mass is 9.74. The second kappa shape index (κ2) is 10.3. The van der Waals surface area contributed by atoms with Crippen molar-refractivity contribution in [2.75, 3.05) is 12.4 Å². The first-order chi connectivity index (χ1) is 18.8. The molecule has 2 aliphatic carbocycles. The van der Waals surface area contributed by atoms with E-state index in [-0.39, 0.29) is 35.7 Å². The molecule has 210 valence electrons. The van der Waals surface area contributed by atoms with Gasteiger partial charge in [-0.05, 0) is 43.2 Å². The lowest BCUT2D eigenvalue weighted by Gasteiger charge is -2.44. The topological polar surface area (TPSA) is 97.0 Å². The van der Waals surface area contributed by atoms with Gasteiger partial charge in [-0.3, -0.25) is 14.4 Å². The summed E-state index contributed by atoms with van der Waals surface area (Å²) in [6.07, 6.45) is 11.6. The molecule has 4 fully saturated rings. The van der Waals surface area contributed by atoms with Crippen molar-refractivity contribution in [2.24, 2.45) is 23.7 Å². The summed E-state index contributed by atoms with van der Waals surface area (Å²) in [6.45, 7) is 4.44. The molecule has 8 heteroatoms. The number of nitrogens with one attached hydrogen (secondary N) is 2. The monoisotopic (exact) mass is 535 g/mol. The fourth-order valence-electron chi connectivity index (χ4n) is 7.96. The van der Waals surface area contributed by atoms with Gasteiger partial charge in [0.25, 0.3) is 0 Å². The normalized spacial score (nSPS) is 37.6. The van der Waals surface area contributed by atoms with Crippen LogP contribution in [0.5, 0.6) is 5.75 Å². The van der Waals surface area contributed by atoms with Crippen LogP contribution in [0.1, 0.15) is 65.2 Å². The molecule has 2 N–H and O–H groups in total. The van der Waals surface area contributed by atoms with Gasteiger partial charge in [-0.25, -0.2) is 0 Å². The van der Waals surface area contributed by atoms with Gasteiger partial charge >= 0.3 is 0 Å². The van der Waals surface area contributed by atoms with Crippen molar-refractivity contribution >= 4 is 23.4 Å². The van der Waals surface area contributed by atoms with E-state index in [4.69, 9.17) is 9.47 Å². The van der Waals surface area contributed by atoms with E-state index in [0.29, 0.717) is 17.4 Å². The van der Waals surface area contributed by atoms with Crippen LogP contribution in [0.15, 0.2) is 36.4 Å². The summed E-state index contributed by atoms with van der Waals surface area (Å²) in [5, 5.41) is 6.29. The van der Waals surface area contributed by atoms with Crippen LogP contribution in [0.4, 0.5) is 5.69 Å². The van der Waals surface area contributed by atoms with E-state index in [1.807, 2.05) is 29.2 Å². The summed E-state index contributed by atoms with van der Waals surface area (Å²) in [6, 6.07) is 6.48. The largest absolute Gasteiger partial charge is 0.497 e. The molecule has 0 unspecified atom stereocenters. The highest BCUT2D eigenvalue weighted by Gasteiger charge is 2.73. The molecule has 3 aliphatic heterocycles. The molecular weight excluding hydrogens is 494 g/mol. The van der Waals surface area contributed by atoms with Crippen molar-refractivity contribution in [2.45, 2.75) is 95.0 Å². The molecule has 3 heterocycles. The van der Waals surface area contributed by atoms with Crippen LogP contribution in [0.2, 0.25) is 0 Å². The van der Waals surface area contributed by atoms with Gasteiger partial charge in [0.15, 0.2) is 0 Å². The summed E-state index contributed by atoms with van der Waals surface area (Å²) < 4.78 is 11.9. The highest BCUT2D eigenvalue weighted by atomic mass is 16.5. The van der Waals surface area contributed by atoms with Gasteiger partial charge in [0.2, 0.25) is 17.7 Å². The zero-order valence-corrected chi connectivity index (χ0v) is 23.2. The molecule has 1 aromatic carbocycles. The molecule has 2 bridgehead atoms. The quantitative estimate of drug-likeness (QED) is 0.536. The Morgan fingerprint density at radius 1 is 1.05 bits per heavy atom. The van der Waals surface area contributed by atoms with Gasteiger partial charge in [0, 0.05) is 23.8 Å². The predicted octanol–water partition coefficient (Wildman–Crippen LogP) is 4.06. The number of anilines is 1. The van der Waals surface area contributed by atoms with Crippen molar-refractivity contribution in [1.29, 1.82) is 0 Å². The van der Waals surface area contributed by atoms with Gasteiger partial charge in [-0.1, -0.05) is 64.2 Å². The molecule has 0 radical (unpaired) electrons. The molecule has 0 aromatic heterocycles. The van der Waals surface area contributed by atoms with Crippen LogP contribution in [-0.2, 0) is 19.1 Å². The molecule has 8 nitrogen and oxygen atoms in total. The average Bonchev–Trinajstić information content (AvgIpc) is 3.58. The van der Waals surface area contributed by atoms with Crippen molar-refractivity contribution in [1.82, 2.24) is 10.2 Å². The summed E-state index contributed by atoms with van der Waals surface area (Å²) >= 11 is 0. The number of ether oxygens (including phenoxy) is 2. The zero-order chi connectivity index (χ0) is 27.3. The Bertz CT molecular complexity index is 1160. The number of fused-ring (bicyclic) bond motifs is 1. The summed E-state index contributed by atoms with van der Waals surface area (Å²) in [5.74, 6) is -0.619. The van der Waals surface area contributed by atoms with E-state index in [0.717, 1.165) is 44.9 Å². The van der Waals surface area contributed by atoms with Crippen molar-refractivity contribution in [3.05, 3.63) is 36.4 Å². The zero-order valence-electron chi connectivity index (χ0n) is 23.2. The van der Waals surface area contributed by atoms with Crippen molar-refractivity contribution in [3.8, 4) is 5.75 Å². The number of hydrogen-bond donors (Lipinski definition) is 2. The van der Waals surface area contributed by atoms with Crippen LogP contribution < -0.4 is 15.4 Å². The SMILES string of the molecule is COc1cccc(NC(=O)[C@@H]2[C@@H]3C=C[C@]4(O3)[C@@H]2C(=O)N([C@@H]2CCC[C@@H](C)[C@H]2C)[C@H]4C(=O)NC2CCCCC2)c1. The number of hydrogen-bond acceptors (Lipinski definition) is 5. The molecule has 1 spiro atoms. The van der Waals surface area contributed by atoms with E-state index < -0.39 is 29.6 Å². The summed E-state index contributed by atoms with van der Waals surface area (Å²) in [7, 11) is 1.58. The fraction of sp³-hybridized carbons (Fsp3) is 0.645. The van der Waals surface area contributed by atoms with Crippen LogP contribution >= 0.6 is 0 Å². The Balaban J connectivity index is 1.33. The Hall–Kier alpha value is -2.87. The van der Waals surface area contributed by atoms with Gasteiger partial charge in [0.1, 0.15) is 17.4 Å². The number of amides is 3. The van der Waals surface area contributed by atoms with E-state index in [1.54, 1.807) is 19.2 Å². The first-order valence-corrected chi connectivity index (χ1v) is 14.8. The Morgan fingerprint density at radius 3 is 2.62 bits per heavy atom. The number of methoxy groups -OCH3 is 1. The fourth-order valence-corrected chi connectivity index (χ4v) is 7.96. The molecule has 2 saturated heterocycles. The minimum Gasteiger partial charge on any atom is -0.497 e.